The van der Waals surface area contributed by atoms with Crippen LogP contribution in [-0.4, -0.2) is 19.3 Å². The molecule has 2 rings (SSSR count). The highest BCUT2D eigenvalue weighted by Crippen LogP contribution is 2.53. The Balaban J connectivity index is 2.63. The summed E-state index contributed by atoms with van der Waals surface area (Å²) in [5.41, 5.74) is 0.361. The van der Waals surface area contributed by atoms with Crippen molar-refractivity contribution in [3.05, 3.63) is 22.2 Å². The summed E-state index contributed by atoms with van der Waals surface area (Å²) in [7, 11) is 1.61. The van der Waals surface area contributed by atoms with Gasteiger partial charge in [0, 0.05) is 10.0 Å². The molecule has 108 valence electrons. The fourth-order valence-electron chi connectivity index (χ4n) is 2.50. The molecule has 5 heteroatoms. The molecular weight excluding hydrogens is 322 g/mol. The van der Waals surface area contributed by atoms with Crippen LogP contribution in [0.4, 0.5) is 0 Å². The summed E-state index contributed by atoms with van der Waals surface area (Å²) >= 11 is 3.56. The van der Waals surface area contributed by atoms with Crippen molar-refractivity contribution in [1.82, 2.24) is 0 Å². The second-order valence-electron chi connectivity index (χ2n) is 5.21. The lowest BCUT2D eigenvalue weighted by Gasteiger charge is -2.39. The Kier molecular flexibility index (Phi) is 4.51. The molecule has 0 bridgehead atoms. The average molecular weight is 340 g/mol. The van der Waals surface area contributed by atoms with Gasteiger partial charge >= 0.3 is 0 Å². The molecule has 4 nitrogen and oxygen atoms in total. The molecule has 0 aliphatic heterocycles. The Bertz CT molecular complexity index is 546. The van der Waals surface area contributed by atoms with Gasteiger partial charge in [-0.15, -0.1) is 0 Å². The summed E-state index contributed by atoms with van der Waals surface area (Å²) in [5, 5.41) is 0. The molecule has 0 N–H and O–H groups in total. The smallest absolute Gasteiger partial charge is 0.235 e. The lowest BCUT2D eigenvalue weighted by atomic mass is 9.72. The van der Waals surface area contributed by atoms with Crippen molar-refractivity contribution in [3.63, 3.8) is 0 Å². The molecular formula is C15H18BrNO3. The molecule has 1 aromatic carbocycles. The molecule has 20 heavy (non-hydrogen) atoms. The van der Waals surface area contributed by atoms with E-state index in [1.165, 1.54) is 0 Å². The summed E-state index contributed by atoms with van der Waals surface area (Å²) in [6.45, 7) is 3.92. The number of nitrogens with zero attached hydrogens (tertiary/aromatic N) is 1. The summed E-state index contributed by atoms with van der Waals surface area (Å²) in [6.07, 6.45) is 4.40. The molecule has 0 atom stereocenters. The van der Waals surface area contributed by atoms with E-state index in [4.69, 9.17) is 9.47 Å². The van der Waals surface area contributed by atoms with E-state index >= 15 is 0 Å². The van der Waals surface area contributed by atoms with Gasteiger partial charge in [0.25, 0.3) is 0 Å². The molecule has 1 aliphatic rings. The first kappa shape index (κ1) is 15.1. The molecule has 1 fully saturated rings. The predicted molar refractivity (Wildman–Crippen MR) is 80.1 cm³/mol. The maximum atomic E-state index is 10.8. The normalized spacial score (nSPS) is 16.2. The molecule has 0 radical (unpaired) electrons. The Morgan fingerprint density at radius 2 is 2.10 bits per heavy atom. The van der Waals surface area contributed by atoms with Crippen molar-refractivity contribution in [3.8, 4) is 11.5 Å². The molecule has 0 amide bonds. The third-order valence-corrected chi connectivity index (χ3v) is 4.21. The number of methoxy groups -OCH3 is 1. The van der Waals surface area contributed by atoms with Crippen molar-refractivity contribution in [2.75, 3.05) is 7.11 Å². The van der Waals surface area contributed by atoms with E-state index in [0.717, 1.165) is 29.3 Å². The van der Waals surface area contributed by atoms with Crippen LogP contribution in [0.1, 0.15) is 38.7 Å². The minimum Gasteiger partial charge on any atom is -0.493 e. The third-order valence-electron chi connectivity index (χ3n) is 3.55. The first-order valence-electron chi connectivity index (χ1n) is 6.67. The van der Waals surface area contributed by atoms with E-state index in [0.29, 0.717) is 11.5 Å². The van der Waals surface area contributed by atoms with E-state index in [1.807, 2.05) is 26.0 Å². The number of benzene rings is 1. The number of aliphatic imine (C=N–C) groups is 1. The van der Waals surface area contributed by atoms with Crippen LogP contribution in [-0.2, 0) is 10.3 Å². The van der Waals surface area contributed by atoms with Gasteiger partial charge in [0.1, 0.15) is 5.54 Å². The maximum Gasteiger partial charge on any atom is 0.235 e. The van der Waals surface area contributed by atoms with Crippen LogP contribution in [0.5, 0.6) is 11.5 Å². The summed E-state index contributed by atoms with van der Waals surface area (Å²) in [5.74, 6) is 1.32. The molecule has 0 spiro atoms. The SMILES string of the molecule is COc1ccc(Br)c(C2(N=C=O)CCC2)c1OC(C)C. The first-order chi connectivity index (χ1) is 9.54. The highest BCUT2D eigenvalue weighted by molar-refractivity contribution is 9.10. The minimum absolute atomic E-state index is 0.00860. The van der Waals surface area contributed by atoms with Crippen LogP contribution >= 0.6 is 15.9 Å². The van der Waals surface area contributed by atoms with Gasteiger partial charge in [0.2, 0.25) is 6.08 Å². The Morgan fingerprint density at radius 3 is 2.55 bits per heavy atom. The van der Waals surface area contributed by atoms with E-state index in [-0.39, 0.29) is 6.10 Å². The number of rotatable bonds is 5. The van der Waals surface area contributed by atoms with Crippen molar-refractivity contribution in [2.45, 2.75) is 44.8 Å². The lowest BCUT2D eigenvalue weighted by molar-refractivity contribution is 0.202. The number of halogens is 1. The van der Waals surface area contributed by atoms with Gasteiger partial charge in [-0.1, -0.05) is 15.9 Å². The van der Waals surface area contributed by atoms with Crippen LogP contribution in [0.25, 0.3) is 0 Å². The van der Waals surface area contributed by atoms with Crippen molar-refractivity contribution >= 4 is 22.0 Å². The Morgan fingerprint density at radius 1 is 1.40 bits per heavy atom. The van der Waals surface area contributed by atoms with Crippen molar-refractivity contribution in [2.24, 2.45) is 4.99 Å². The third kappa shape index (κ3) is 2.60. The zero-order valence-corrected chi connectivity index (χ0v) is 13.5. The first-order valence-corrected chi connectivity index (χ1v) is 7.46. The quantitative estimate of drug-likeness (QED) is 0.602. The van der Waals surface area contributed by atoms with Crippen LogP contribution in [0.2, 0.25) is 0 Å². The van der Waals surface area contributed by atoms with Gasteiger partial charge in [-0.3, -0.25) is 0 Å². The predicted octanol–water partition coefficient (Wildman–Crippen LogP) is 3.96. The van der Waals surface area contributed by atoms with Gasteiger partial charge in [-0.25, -0.2) is 4.79 Å². The van der Waals surface area contributed by atoms with Gasteiger partial charge in [-0.2, -0.15) is 4.99 Å². The molecule has 1 aromatic rings. The molecule has 0 unspecified atom stereocenters. The molecule has 0 aromatic heterocycles. The number of ether oxygens (including phenoxy) is 2. The highest BCUT2D eigenvalue weighted by atomic mass is 79.9. The van der Waals surface area contributed by atoms with Crippen LogP contribution in [0.3, 0.4) is 0 Å². The second-order valence-corrected chi connectivity index (χ2v) is 6.06. The van der Waals surface area contributed by atoms with E-state index in [1.54, 1.807) is 13.2 Å². The zero-order chi connectivity index (χ0) is 14.8. The lowest BCUT2D eigenvalue weighted by Crippen LogP contribution is -2.33. The average Bonchev–Trinajstić information content (AvgIpc) is 2.35. The van der Waals surface area contributed by atoms with Crippen LogP contribution in [0.15, 0.2) is 21.6 Å². The van der Waals surface area contributed by atoms with Crippen molar-refractivity contribution < 1.29 is 14.3 Å². The molecule has 1 aliphatic carbocycles. The van der Waals surface area contributed by atoms with Gasteiger partial charge in [0.15, 0.2) is 11.5 Å². The highest BCUT2D eigenvalue weighted by Gasteiger charge is 2.43. The summed E-state index contributed by atoms with van der Waals surface area (Å²) < 4.78 is 12.2. The zero-order valence-electron chi connectivity index (χ0n) is 11.9. The Hall–Kier alpha value is -1.32. The van der Waals surface area contributed by atoms with E-state index in [2.05, 4.69) is 20.9 Å². The number of isocyanates is 1. The standard InChI is InChI=1S/C15H18BrNO3/c1-10(2)20-14-12(19-3)6-5-11(16)13(14)15(17-9-18)7-4-8-15/h5-6,10H,4,7-8H2,1-3H3. The topological polar surface area (TPSA) is 47.9 Å². The van der Waals surface area contributed by atoms with Gasteiger partial charge in [-0.05, 0) is 45.2 Å². The minimum atomic E-state index is -0.528. The molecule has 0 saturated heterocycles. The fourth-order valence-corrected chi connectivity index (χ4v) is 3.18. The van der Waals surface area contributed by atoms with Gasteiger partial charge in [0.05, 0.1) is 13.2 Å². The summed E-state index contributed by atoms with van der Waals surface area (Å²) in [4.78, 5) is 14.9. The summed E-state index contributed by atoms with van der Waals surface area (Å²) in [6, 6.07) is 3.75. The van der Waals surface area contributed by atoms with Crippen LogP contribution in [0, 0.1) is 0 Å². The largest absolute Gasteiger partial charge is 0.493 e. The van der Waals surface area contributed by atoms with Crippen molar-refractivity contribution in [1.29, 1.82) is 0 Å². The van der Waals surface area contributed by atoms with Crippen LogP contribution < -0.4 is 9.47 Å². The number of carbonyl (C=O) groups excluding carboxylic acids is 1. The molecule has 1 saturated carbocycles. The van der Waals surface area contributed by atoms with E-state index < -0.39 is 5.54 Å². The monoisotopic (exact) mass is 339 g/mol. The molecule has 0 heterocycles. The number of hydrogen-bond donors (Lipinski definition) is 0. The van der Waals surface area contributed by atoms with Gasteiger partial charge < -0.3 is 9.47 Å². The van der Waals surface area contributed by atoms with E-state index in [9.17, 15) is 4.79 Å². The maximum absolute atomic E-state index is 10.8. The second kappa shape index (κ2) is 5.98. The Labute approximate surface area is 127 Å². The number of hydrogen-bond acceptors (Lipinski definition) is 4. The fraction of sp³-hybridized carbons (Fsp3) is 0.533.